The van der Waals surface area contributed by atoms with Gasteiger partial charge < -0.3 is 81.6 Å². The van der Waals surface area contributed by atoms with Gasteiger partial charge in [0, 0.05) is 74.1 Å². The third kappa shape index (κ3) is 47.8. The van der Waals surface area contributed by atoms with Crippen molar-refractivity contribution in [3.63, 3.8) is 0 Å². The molecule has 0 fully saturated rings. The molecule has 6 aromatic carbocycles. The molecule has 42 heteroatoms. The number of azide groups is 2. The maximum atomic E-state index is 14.4. The molecule has 8 rings (SSSR count). The molecule has 0 aliphatic rings. The summed E-state index contributed by atoms with van der Waals surface area (Å²) in [5.74, 6) is -10.6. The molecule has 144 heavy (non-hydrogen) atoms. The molecule has 8 aromatic rings. The first-order valence-corrected chi connectivity index (χ1v) is 48.4. The van der Waals surface area contributed by atoms with Crippen LogP contribution in [0.15, 0.2) is 205 Å². The van der Waals surface area contributed by atoms with Gasteiger partial charge in [0.05, 0.1) is 76.6 Å². The van der Waals surface area contributed by atoms with Gasteiger partial charge in [-0.25, -0.2) is 9.36 Å². The zero-order valence-corrected chi connectivity index (χ0v) is 82.4. The van der Waals surface area contributed by atoms with E-state index >= 15 is 0 Å². The van der Waals surface area contributed by atoms with Gasteiger partial charge in [-0.3, -0.25) is 67.1 Å². The van der Waals surface area contributed by atoms with Crippen molar-refractivity contribution in [2.45, 2.75) is 245 Å². The fraction of sp³-hybridized carbons (Fsp3) is 0.471. The minimum absolute atomic E-state index is 0.0453. The van der Waals surface area contributed by atoms with Gasteiger partial charge in [0.1, 0.15) is 74.8 Å². The zero-order valence-electron chi connectivity index (χ0n) is 82.4. The second-order valence-corrected chi connectivity index (χ2v) is 34.7. The molecule has 10 amide bonds. The second kappa shape index (κ2) is 67.2. The first-order valence-electron chi connectivity index (χ1n) is 48.4. The number of unbranched alkanes of at least 4 members (excludes halogenated alkanes) is 3. The van der Waals surface area contributed by atoms with Crippen LogP contribution in [0.5, 0.6) is 0 Å². The molecule has 2 aromatic heterocycles. The normalized spacial score (nSPS) is 12.5. The van der Waals surface area contributed by atoms with Crippen LogP contribution in [0.1, 0.15) is 176 Å². The van der Waals surface area contributed by atoms with Crippen LogP contribution in [-0.4, -0.2) is 214 Å². The Bertz CT molecular complexity index is 5380. The minimum atomic E-state index is -1.65. The van der Waals surface area contributed by atoms with Crippen LogP contribution in [-0.2, 0) is 161 Å². The summed E-state index contributed by atoms with van der Waals surface area (Å²) in [6, 6.07) is 42.3. The topological polar surface area (TPSA) is 574 Å². The summed E-state index contributed by atoms with van der Waals surface area (Å²) in [6.07, 6.45) is 6.56. The summed E-state index contributed by atoms with van der Waals surface area (Å²) in [4.78, 5) is 198. The average Bonchev–Trinajstić information content (AvgIpc) is 1.45. The molecular formula is C102H134N22O20. The number of nitrogens with zero attached hydrogens (tertiary/aromatic N) is 12. The molecule has 0 bridgehead atoms. The lowest BCUT2D eigenvalue weighted by Gasteiger charge is -2.27. The third-order valence-electron chi connectivity index (χ3n) is 21.8. The molecule has 0 radical (unpaired) electrons. The van der Waals surface area contributed by atoms with Gasteiger partial charge in [-0.05, 0) is 108 Å². The van der Waals surface area contributed by atoms with Gasteiger partial charge >= 0.3 is 23.9 Å². The standard InChI is InChI=1S/C53H71N11O10.C49H63N11O10/c1-4-5-6-16-26-55-50(68)45(33-48(66)73-36-40-20-12-8-13-21-40)59-53(71)46(34-49(67)74-37-41-22-14-9-15-23-41)60-51(69)43(31-38(2)3)58-52(70)44(32-39-18-10-7-11-19-39)57-47(65)25-17-24-42-35-64(63-61-42)28-30-72-29-27-56-62-54;1-4-51-46(64)41(29-44(62)69-32-36-17-10-6-11-18-36)55-49(67)42(30-45(63)70-33-37-19-12-7-13-20-37)56-48(66)40(28-35-15-8-5-9-16-35)54-47(65)39(27-34(2)3)53-43(61)22-14-21-38-31-60(59-57-38)24-26-68-25-23-52-58-50/h7-15,18-23,35,38,43-46H,4-6,16-17,24-34,36-37H2,1-3H3,(H,55,68)(H,57,65)(H,58,70)(H,59,71)(H,60,69);5-13,15-20,31,34,39-42H,4,14,21-30,32-33H2,1-3H3,(H,51,64)(H,53,61)(H,54,65)(H,55,67)(H,56,66)/t43-,44+,45-,46+;39-,40+,41+,42-/m01/s1. The number of benzene rings is 6. The Morgan fingerprint density at radius 1 is 0.347 bits per heavy atom. The van der Waals surface area contributed by atoms with Crippen molar-refractivity contribution in [1.29, 1.82) is 0 Å². The average molecular weight is 1990 g/mol. The molecule has 8 atom stereocenters. The van der Waals surface area contributed by atoms with E-state index in [1.54, 1.807) is 180 Å². The third-order valence-corrected chi connectivity index (χ3v) is 21.8. The number of ether oxygens (including phenoxy) is 6. The summed E-state index contributed by atoms with van der Waals surface area (Å²) >= 11 is 0. The van der Waals surface area contributed by atoms with E-state index in [-0.39, 0.29) is 116 Å². The highest BCUT2D eigenvalue weighted by Crippen LogP contribution is 2.18. The quantitative estimate of drug-likeness (QED) is 0.00425. The predicted octanol–water partition coefficient (Wildman–Crippen LogP) is 8.68. The number of aromatic nitrogens is 6. The molecule has 42 nitrogen and oxygen atoms in total. The number of carbonyl (C=O) groups is 14. The lowest BCUT2D eigenvalue weighted by atomic mass is 10.00. The van der Waals surface area contributed by atoms with Crippen LogP contribution in [0, 0.1) is 11.8 Å². The number of hydrogen-bond acceptors (Lipinski definition) is 26. The number of rotatable bonds is 66. The predicted molar refractivity (Wildman–Crippen MR) is 529 cm³/mol. The maximum absolute atomic E-state index is 14.4. The van der Waals surface area contributed by atoms with E-state index in [0.717, 1.165) is 24.8 Å². The summed E-state index contributed by atoms with van der Waals surface area (Å²) in [6.45, 7) is 13.7. The fourth-order valence-corrected chi connectivity index (χ4v) is 14.4. The Hall–Kier alpha value is -15.3. The van der Waals surface area contributed by atoms with Gasteiger partial charge in [-0.15, -0.1) is 10.2 Å². The van der Waals surface area contributed by atoms with Gasteiger partial charge in [0.2, 0.25) is 59.1 Å². The number of hydrogen-bond donors (Lipinski definition) is 10. The molecule has 0 spiro atoms. The second-order valence-electron chi connectivity index (χ2n) is 34.7. The summed E-state index contributed by atoms with van der Waals surface area (Å²) in [5.41, 5.74) is 22.2. The van der Waals surface area contributed by atoms with Crippen LogP contribution in [0.25, 0.3) is 20.9 Å². The number of aryl methyl sites for hydroxylation is 2. The number of esters is 4. The van der Waals surface area contributed by atoms with Crippen LogP contribution in [0.3, 0.4) is 0 Å². The number of nitrogens with one attached hydrogen (secondary N) is 10. The van der Waals surface area contributed by atoms with E-state index in [1.165, 1.54) is 0 Å². The SMILES string of the molecule is CCCCCCNC(=O)[C@H](CC(=O)OCc1ccccc1)NC(=O)[C@@H](CC(=O)OCc1ccccc1)NC(=O)[C@H](CC(C)C)NC(=O)[C@@H](Cc1ccccc1)NC(=O)CCCc1cn(CCOCCN=[N+]=[N-])nn1.CCNC(=O)[C@H](CC(=O)OCc1ccccc1)NC(=O)[C@@H](CC(=O)OCc1ccccc1)NC(=O)[C@H](Cc1ccccc1)NC(=O)[C@@H](CC(C)C)NC(=O)CCCc1cn(CCOCCN=[N+]=[N-])nn1. The van der Waals surface area contributed by atoms with Crippen LogP contribution in [0.4, 0.5) is 0 Å². The number of carbonyl (C=O) groups excluding carboxylic acids is 14. The van der Waals surface area contributed by atoms with Crippen molar-refractivity contribution in [2.24, 2.45) is 22.1 Å². The molecule has 0 saturated heterocycles. The van der Waals surface area contributed by atoms with Crippen LogP contribution < -0.4 is 53.2 Å². The molecule has 0 unspecified atom stereocenters. The largest absolute Gasteiger partial charge is 0.461 e. The lowest BCUT2D eigenvalue weighted by Crippen LogP contribution is -2.59. The monoisotopic (exact) mass is 1990 g/mol. The van der Waals surface area contributed by atoms with Crippen LogP contribution >= 0.6 is 0 Å². The molecule has 0 aliphatic carbocycles. The van der Waals surface area contributed by atoms with Gasteiger partial charge in [-0.1, -0.05) is 257 Å². The van der Waals surface area contributed by atoms with Crippen molar-refractivity contribution in [3.05, 3.63) is 260 Å². The fourth-order valence-electron chi connectivity index (χ4n) is 14.4. The Morgan fingerprint density at radius 2 is 0.646 bits per heavy atom. The maximum Gasteiger partial charge on any atom is 0.308 e. The molecule has 2 heterocycles. The van der Waals surface area contributed by atoms with Crippen molar-refractivity contribution in [2.75, 3.05) is 52.6 Å². The first-order chi connectivity index (χ1) is 69.6. The van der Waals surface area contributed by atoms with E-state index in [2.05, 4.69) is 101 Å². The van der Waals surface area contributed by atoms with E-state index < -0.39 is 157 Å². The molecular weight excluding hydrogens is 1850 g/mol. The number of amides is 10. The smallest absolute Gasteiger partial charge is 0.308 e. The summed E-state index contributed by atoms with van der Waals surface area (Å²) < 4.78 is 35.9. The highest BCUT2D eigenvalue weighted by Gasteiger charge is 2.38. The van der Waals surface area contributed by atoms with Crippen LogP contribution in [0.2, 0.25) is 0 Å². The highest BCUT2D eigenvalue weighted by molar-refractivity contribution is 6.00. The Kier molecular flexibility index (Phi) is 54.0. The van der Waals surface area contributed by atoms with E-state index in [0.29, 0.717) is 97.6 Å². The zero-order chi connectivity index (χ0) is 104. The molecule has 0 aliphatic heterocycles. The molecule has 0 saturated carbocycles. The van der Waals surface area contributed by atoms with Crippen molar-refractivity contribution in [3.8, 4) is 0 Å². The lowest BCUT2D eigenvalue weighted by molar-refractivity contribution is -0.149. The minimum Gasteiger partial charge on any atom is -0.461 e. The Balaban J connectivity index is 0.000000391. The van der Waals surface area contributed by atoms with E-state index in [9.17, 15) is 67.1 Å². The van der Waals surface area contributed by atoms with Crippen molar-refractivity contribution in [1.82, 2.24) is 83.2 Å². The van der Waals surface area contributed by atoms with Crippen molar-refractivity contribution >= 4 is 82.9 Å². The van der Waals surface area contributed by atoms with Gasteiger partial charge in [0.15, 0.2) is 0 Å². The Labute approximate surface area is 837 Å². The van der Waals surface area contributed by atoms with Gasteiger partial charge in [-0.2, -0.15) is 0 Å². The van der Waals surface area contributed by atoms with E-state index in [1.807, 2.05) is 58.0 Å². The molecule has 10 N–H and O–H groups in total. The van der Waals surface area contributed by atoms with Crippen molar-refractivity contribution < 1.29 is 95.5 Å². The summed E-state index contributed by atoms with van der Waals surface area (Å²) in [7, 11) is 0. The van der Waals surface area contributed by atoms with E-state index in [4.69, 9.17) is 39.5 Å². The Morgan fingerprint density at radius 3 is 0.986 bits per heavy atom. The van der Waals surface area contributed by atoms with Gasteiger partial charge in [0.25, 0.3) is 0 Å². The summed E-state index contributed by atoms with van der Waals surface area (Å²) in [5, 5.41) is 50.2. The first kappa shape index (κ1) is 116. The highest BCUT2D eigenvalue weighted by atomic mass is 16.5. The molecule has 772 valence electrons. The number of likely N-dealkylation sites (N-methyl/N-ethyl adjacent to an activating group) is 1.